The summed E-state index contributed by atoms with van der Waals surface area (Å²) < 4.78 is 21.7. The summed E-state index contributed by atoms with van der Waals surface area (Å²) in [6, 6.07) is 12.8. The lowest BCUT2D eigenvalue weighted by Gasteiger charge is -2.11. The molecule has 0 fully saturated rings. The van der Waals surface area contributed by atoms with Gasteiger partial charge in [0.2, 0.25) is 0 Å². The van der Waals surface area contributed by atoms with Crippen molar-refractivity contribution in [3.63, 3.8) is 0 Å². The van der Waals surface area contributed by atoms with Gasteiger partial charge in [-0.1, -0.05) is 0 Å². The average molecular weight is 303 g/mol. The maximum absolute atomic E-state index is 5.88. The second-order valence-corrected chi connectivity index (χ2v) is 4.51. The fourth-order valence-electron chi connectivity index (χ4n) is 1.89. The molecule has 0 spiro atoms. The third-order valence-electron chi connectivity index (χ3n) is 2.96. The number of hydrogen-bond acceptors (Lipinski definition) is 5. The predicted octanol–water partition coefficient (Wildman–Crippen LogP) is 3.13. The van der Waals surface area contributed by atoms with Gasteiger partial charge in [0.05, 0.1) is 19.4 Å². The number of benzene rings is 2. The van der Waals surface area contributed by atoms with Gasteiger partial charge in [0.15, 0.2) is 0 Å². The summed E-state index contributed by atoms with van der Waals surface area (Å²) in [7, 11) is 1.60. The summed E-state index contributed by atoms with van der Waals surface area (Å²) >= 11 is 0. The molecular weight excluding hydrogens is 282 g/mol. The monoisotopic (exact) mass is 303 g/mol. The first-order chi connectivity index (χ1) is 10.7. The zero-order chi connectivity index (χ0) is 15.8. The molecule has 0 aliphatic rings. The van der Waals surface area contributed by atoms with Crippen LogP contribution in [0.2, 0.25) is 0 Å². The Morgan fingerprint density at radius 1 is 0.818 bits per heavy atom. The highest BCUT2D eigenvalue weighted by Gasteiger charge is 2.02. The maximum atomic E-state index is 5.88. The largest absolute Gasteiger partial charge is 0.497 e. The molecule has 0 saturated heterocycles. The fraction of sp³-hybridized carbons (Fsp3) is 0.294. The van der Waals surface area contributed by atoms with Crippen molar-refractivity contribution in [2.75, 3.05) is 32.7 Å². The van der Waals surface area contributed by atoms with Crippen molar-refractivity contribution in [3.05, 3.63) is 42.5 Å². The Bertz CT molecular complexity index is 584. The van der Waals surface area contributed by atoms with Gasteiger partial charge in [0.1, 0.15) is 36.2 Å². The molecule has 0 radical (unpaired) electrons. The number of anilines is 1. The molecule has 118 valence electrons. The Balaban J connectivity index is 1.77. The molecule has 2 aromatic carbocycles. The zero-order valence-electron chi connectivity index (χ0n) is 12.9. The summed E-state index contributed by atoms with van der Waals surface area (Å²) in [4.78, 5) is 0. The molecule has 2 rings (SSSR count). The topological polar surface area (TPSA) is 62.9 Å². The van der Waals surface area contributed by atoms with E-state index in [0.29, 0.717) is 37.0 Å². The van der Waals surface area contributed by atoms with Gasteiger partial charge in [-0.05, 0) is 43.3 Å². The Hall–Kier alpha value is -2.56. The summed E-state index contributed by atoms with van der Waals surface area (Å²) in [6.07, 6.45) is 0. The normalized spacial score (nSPS) is 10.1. The summed E-state index contributed by atoms with van der Waals surface area (Å²) in [5.41, 5.74) is 6.42. The predicted molar refractivity (Wildman–Crippen MR) is 86.0 cm³/mol. The lowest BCUT2D eigenvalue weighted by Crippen LogP contribution is -2.10. The van der Waals surface area contributed by atoms with Crippen molar-refractivity contribution in [3.8, 4) is 23.0 Å². The van der Waals surface area contributed by atoms with E-state index in [9.17, 15) is 0 Å². The van der Waals surface area contributed by atoms with Crippen LogP contribution in [0.3, 0.4) is 0 Å². The van der Waals surface area contributed by atoms with Crippen LogP contribution < -0.4 is 24.7 Å². The molecule has 5 nitrogen and oxygen atoms in total. The number of rotatable bonds is 8. The van der Waals surface area contributed by atoms with E-state index in [0.717, 1.165) is 11.5 Å². The molecular formula is C17H21NO4. The van der Waals surface area contributed by atoms with Crippen molar-refractivity contribution in [1.82, 2.24) is 0 Å². The number of methoxy groups -OCH3 is 1. The van der Waals surface area contributed by atoms with E-state index < -0.39 is 0 Å². The van der Waals surface area contributed by atoms with Crippen LogP contribution >= 0.6 is 0 Å². The molecule has 0 unspecified atom stereocenters. The third-order valence-corrected chi connectivity index (χ3v) is 2.96. The lowest BCUT2D eigenvalue weighted by molar-refractivity contribution is 0.217. The van der Waals surface area contributed by atoms with E-state index in [2.05, 4.69) is 0 Å². The van der Waals surface area contributed by atoms with Gasteiger partial charge < -0.3 is 24.7 Å². The molecule has 0 bridgehead atoms. The first-order valence-electron chi connectivity index (χ1n) is 7.15. The van der Waals surface area contributed by atoms with Crippen LogP contribution in [0.5, 0.6) is 23.0 Å². The highest BCUT2D eigenvalue weighted by Crippen LogP contribution is 2.26. The van der Waals surface area contributed by atoms with Crippen LogP contribution in [-0.2, 0) is 0 Å². The van der Waals surface area contributed by atoms with Crippen LogP contribution in [0.15, 0.2) is 42.5 Å². The van der Waals surface area contributed by atoms with E-state index in [4.69, 9.17) is 24.7 Å². The molecule has 22 heavy (non-hydrogen) atoms. The highest BCUT2D eigenvalue weighted by molar-refractivity contribution is 5.56. The van der Waals surface area contributed by atoms with Crippen LogP contribution in [-0.4, -0.2) is 26.9 Å². The standard InChI is InChI=1S/C17H21NO4/c1-3-20-13-4-6-14(7-5-13)21-10-11-22-17-9-8-15(19-2)12-16(17)18/h4-9,12H,3,10-11,18H2,1-2H3. The van der Waals surface area contributed by atoms with E-state index in [1.165, 1.54) is 0 Å². The van der Waals surface area contributed by atoms with E-state index in [1.807, 2.05) is 31.2 Å². The van der Waals surface area contributed by atoms with Crippen LogP contribution in [0.1, 0.15) is 6.92 Å². The Kier molecular flexibility index (Phi) is 5.77. The van der Waals surface area contributed by atoms with Crippen molar-refractivity contribution in [2.24, 2.45) is 0 Å². The second kappa shape index (κ2) is 8.02. The first-order valence-corrected chi connectivity index (χ1v) is 7.15. The first kappa shape index (κ1) is 15.8. The van der Waals surface area contributed by atoms with Gasteiger partial charge in [-0.25, -0.2) is 0 Å². The van der Waals surface area contributed by atoms with Gasteiger partial charge in [-0.2, -0.15) is 0 Å². The van der Waals surface area contributed by atoms with Crippen molar-refractivity contribution in [2.45, 2.75) is 6.92 Å². The Morgan fingerprint density at radius 3 is 2.00 bits per heavy atom. The van der Waals surface area contributed by atoms with Gasteiger partial charge in [-0.15, -0.1) is 0 Å². The van der Waals surface area contributed by atoms with E-state index in [1.54, 1.807) is 25.3 Å². The number of hydrogen-bond donors (Lipinski definition) is 1. The summed E-state index contributed by atoms with van der Waals surface area (Å²) in [5, 5.41) is 0. The molecule has 0 aliphatic heterocycles. The molecule has 2 N–H and O–H groups in total. The van der Waals surface area contributed by atoms with Crippen LogP contribution in [0.25, 0.3) is 0 Å². The summed E-state index contributed by atoms with van der Waals surface area (Å²) in [6.45, 7) is 3.44. The van der Waals surface area contributed by atoms with Crippen molar-refractivity contribution >= 4 is 5.69 Å². The molecule has 0 atom stereocenters. The second-order valence-electron chi connectivity index (χ2n) is 4.51. The third kappa shape index (κ3) is 4.48. The molecule has 0 amide bonds. The quantitative estimate of drug-likeness (QED) is 0.599. The highest BCUT2D eigenvalue weighted by atomic mass is 16.5. The number of nitrogens with two attached hydrogens (primary N) is 1. The number of ether oxygens (including phenoxy) is 4. The smallest absolute Gasteiger partial charge is 0.142 e. The molecule has 0 aliphatic carbocycles. The minimum Gasteiger partial charge on any atom is -0.497 e. The fourth-order valence-corrected chi connectivity index (χ4v) is 1.89. The van der Waals surface area contributed by atoms with Gasteiger partial charge >= 0.3 is 0 Å². The SMILES string of the molecule is CCOc1ccc(OCCOc2ccc(OC)cc2N)cc1. The molecule has 2 aromatic rings. The lowest BCUT2D eigenvalue weighted by atomic mass is 10.3. The van der Waals surface area contributed by atoms with Crippen LogP contribution in [0.4, 0.5) is 5.69 Å². The minimum atomic E-state index is 0.406. The van der Waals surface area contributed by atoms with Gasteiger partial charge in [-0.3, -0.25) is 0 Å². The van der Waals surface area contributed by atoms with Gasteiger partial charge in [0, 0.05) is 6.07 Å². The molecule has 0 heterocycles. The number of nitrogen functional groups attached to an aromatic ring is 1. The minimum absolute atomic E-state index is 0.406. The maximum Gasteiger partial charge on any atom is 0.142 e. The van der Waals surface area contributed by atoms with E-state index in [-0.39, 0.29) is 0 Å². The zero-order valence-corrected chi connectivity index (χ0v) is 12.9. The van der Waals surface area contributed by atoms with Crippen molar-refractivity contribution in [1.29, 1.82) is 0 Å². The Morgan fingerprint density at radius 2 is 1.41 bits per heavy atom. The Labute approximate surface area is 130 Å². The van der Waals surface area contributed by atoms with E-state index >= 15 is 0 Å². The van der Waals surface area contributed by atoms with Crippen LogP contribution in [0, 0.1) is 0 Å². The molecule has 0 saturated carbocycles. The van der Waals surface area contributed by atoms with Crippen molar-refractivity contribution < 1.29 is 18.9 Å². The average Bonchev–Trinajstić information content (AvgIpc) is 2.54. The van der Waals surface area contributed by atoms with Gasteiger partial charge in [0.25, 0.3) is 0 Å². The summed E-state index contributed by atoms with van der Waals surface area (Å²) in [5.74, 6) is 2.93. The molecule has 5 heteroatoms. The molecule has 0 aromatic heterocycles.